The summed E-state index contributed by atoms with van der Waals surface area (Å²) >= 11 is 7.49. The Morgan fingerprint density at radius 2 is 1.92 bits per heavy atom. The van der Waals surface area contributed by atoms with Crippen molar-refractivity contribution in [3.05, 3.63) is 50.9 Å². The molecule has 0 bridgehead atoms. The number of halogens is 1. The van der Waals surface area contributed by atoms with Crippen LogP contribution in [-0.4, -0.2) is 52.8 Å². The predicted octanol–water partition coefficient (Wildman–Crippen LogP) is 2.63. The quantitative estimate of drug-likeness (QED) is 0.842. The molecule has 1 aromatic heterocycles. The van der Waals surface area contributed by atoms with Gasteiger partial charge in [-0.05, 0) is 25.1 Å². The minimum absolute atomic E-state index is 0.0419. The molecule has 1 fully saturated rings. The minimum Gasteiger partial charge on any atom is -0.339 e. The first-order chi connectivity index (χ1) is 11.5. The highest BCUT2D eigenvalue weighted by Gasteiger charge is 2.25. The van der Waals surface area contributed by atoms with Gasteiger partial charge in [-0.15, -0.1) is 11.3 Å². The van der Waals surface area contributed by atoms with Crippen LogP contribution in [-0.2, 0) is 11.2 Å². The third kappa shape index (κ3) is 3.94. The maximum absolute atomic E-state index is 12.5. The molecule has 2 heterocycles. The highest BCUT2D eigenvalue weighted by atomic mass is 35.5. The molecule has 7 heteroatoms. The van der Waals surface area contributed by atoms with Crippen molar-refractivity contribution in [1.82, 2.24) is 14.8 Å². The van der Waals surface area contributed by atoms with Crippen LogP contribution in [0.15, 0.2) is 29.6 Å². The summed E-state index contributed by atoms with van der Waals surface area (Å²) in [4.78, 5) is 32.7. The highest BCUT2D eigenvalue weighted by molar-refractivity contribution is 7.09. The van der Waals surface area contributed by atoms with Crippen LogP contribution in [0.5, 0.6) is 0 Å². The molecule has 0 aliphatic carbocycles. The van der Waals surface area contributed by atoms with Crippen molar-refractivity contribution in [2.24, 2.45) is 0 Å². The van der Waals surface area contributed by atoms with Gasteiger partial charge in [0.05, 0.1) is 17.1 Å². The number of rotatable bonds is 3. The number of carbonyl (C=O) groups excluding carboxylic acids is 2. The second-order valence-electron chi connectivity index (χ2n) is 5.72. The zero-order chi connectivity index (χ0) is 17.1. The van der Waals surface area contributed by atoms with Gasteiger partial charge in [0.1, 0.15) is 0 Å². The molecule has 1 aliphatic rings. The Balaban J connectivity index is 1.55. The van der Waals surface area contributed by atoms with E-state index in [9.17, 15) is 9.59 Å². The Kier molecular flexibility index (Phi) is 5.16. The first kappa shape index (κ1) is 16.9. The van der Waals surface area contributed by atoms with Crippen LogP contribution < -0.4 is 0 Å². The molecule has 2 amide bonds. The molecule has 24 heavy (non-hydrogen) atoms. The average Bonchev–Trinajstić information content (AvgIpc) is 2.99. The van der Waals surface area contributed by atoms with Crippen LogP contribution in [0.2, 0.25) is 5.02 Å². The summed E-state index contributed by atoms with van der Waals surface area (Å²) < 4.78 is 0. The monoisotopic (exact) mass is 363 g/mol. The predicted molar refractivity (Wildman–Crippen MR) is 94.5 cm³/mol. The van der Waals surface area contributed by atoms with Gasteiger partial charge in [-0.2, -0.15) is 0 Å². The zero-order valence-electron chi connectivity index (χ0n) is 13.4. The van der Waals surface area contributed by atoms with E-state index in [0.29, 0.717) is 43.2 Å². The maximum atomic E-state index is 12.5. The highest BCUT2D eigenvalue weighted by Crippen LogP contribution is 2.15. The molecule has 0 unspecified atom stereocenters. The summed E-state index contributed by atoms with van der Waals surface area (Å²) in [5.41, 5.74) is 1.40. The molecule has 0 radical (unpaired) electrons. The van der Waals surface area contributed by atoms with Crippen LogP contribution in [0.3, 0.4) is 0 Å². The van der Waals surface area contributed by atoms with Crippen LogP contribution in [0.4, 0.5) is 0 Å². The van der Waals surface area contributed by atoms with E-state index in [0.717, 1.165) is 10.7 Å². The third-order valence-electron chi connectivity index (χ3n) is 3.99. The third-order valence-corrected chi connectivity index (χ3v) is 5.05. The van der Waals surface area contributed by atoms with Crippen LogP contribution in [0.1, 0.15) is 21.1 Å². The summed E-state index contributed by atoms with van der Waals surface area (Å²) in [6, 6.07) is 6.95. The molecule has 0 atom stereocenters. The Bertz CT molecular complexity index is 754. The summed E-state index contributed by atoms with van der Waals surface area (Å²) in [7, 11) is 0. The number of amides is 2. The molecule has 0 saturated carbocycles. The number of carbonyl (C=O) groups is 2. The Morgan fingerprint density at radius 3 is 2.54 bits per heavy atom. The van der Waals surface area contributed by atoms with Crippen LogP contribution in [0.25, 0.3) is 0 Å². The number of hydrogen-bond acceptors (Lipinski definition) is 4. The molecular formula is C17H18ClN3O2S. The lowest BCUT2D eigenvalue weighted by atomic mass is 10.1. The molecule has 1 aromatic carbocycles. The normalized spacial score (nSPS) is 14.8. The summed E-state index contributed by atoms with van der Waals surface area (Å²) in [6.45, 7) is 4.10. The summed E-state index contributed by atoms with van der Waals surface area (Å²) in [6.07, 6.45) is 0.326. The fourth-order valence-electron chi connectivity index (χ4n) is 2.72. The van der Waals surface area contributed by atoms with Gasteiger partial charge in [0.2, 0.25) is 5.91 Å². The lowest BCUT2D eigenvalue weighted by Crippen LogP contribution is -2.51. The Labute approximate surface area is 149 Å². The largest absolute Gasteiger partial charge is 0.339 e. The van der Waals surface area contributed by atoms with Gasteiger partial charge in [0.25, 0.3) is 5.91 Å². The Morgan fingerprint density at radius 1 is 1.21 bits per heavy atom. The SMILES string of the molecule is Cc1nc(CC(=O)N2CCN(C(=O)c3cccc(Cl)c3)CC2)cs1. The molecule has 1 saturated heterocycles. The molecule has 3 rings (SSSR count). The van der Waals surface area contributed by atoms with Crippen molar-refractivity contribution in [2.75, 3.05) is 26.2 Å². The van der Waals surface area contributed by atoms with E-state index in [4.69, 9.17) is 11.6 Å². The van der Waals surface area contributed by atoms with Crippen molar-refractivity contribution in [2.45, 2.75) is 13.3 Å². The second-order valence-corrected chi connectivity index (χ2v) is 7.22. The molecule has 2 aromatic rings. The minimum atomic E-state index is -0.0419. The lowest BCUT2D eigenvalue weighted by molar-refractivity contribution is -0.132. The van der Waals surface area contributed by atoms with E-state index in [1.54, 1.807) is 45.4 Å². The van der Waals surface area contributed by atoms with E-state index < -0.39 is 0 Å². The number of piperazine rings is 1. The maximum Gasteiger partial charge on any atom is 0.254 e. The summed E-state index contributed by atoms with van der Waals surface area (Å²) in [5, 5.41) is 3.44. The van der Waals surface area contributed by atoms with Gasteiger partial charge < -0.3 is 9.80 Å². The molecule has 5 nitrogen and oxygen atoms in total. The van der Waals surface area contributed by atoms with Gasteiger partial charge in [-0.25, -0.2) is 4.98 Å². The van der Waals surface area contributed by atoms with Gasteiger partial charge in [-0.3, -0.25) is 9.59 Å². The first-order valence-electron chi connectivity index (χ1n) is 7.76. The van der Waals surface area contributed by atoms with E-state index >= 15 is 0 Å². The smallest absolute Gasteiger partial charge is 0.254 e. The standard InChI is InChI=1S/C17H18ClN3O2S/c1-12-19-15(11-24-12)10-16(22)20-5-7-21(8-6-20)17(23)13-3-2-4-14(18)9-13/h2-4,9,11H,5-8,10H2,1H3. The second kappa shape index (κ2) is 7.32. The summed E-state index contributed by atoms with van der Waals surface area (Å²) in [5.74, 6) is 0.0230. The topological polar surface area (TPSA) is 53.5 Å². The number of hydrogen-bond donors (Lipinski definition) is 0. The van der Waals surface area contributed by atoms with Crippen LogP contribution >= 0.6 is 22.9 Å². The van der Waals surface area contributed by atoms with Gasteiger partial charge >= 0.3 is 0 Å². The average molecular weight is 364 g/mol. The van der Waals surface area contributed by atoms with E-state index in [1.165, 1.54) is 0 Å². The van der Waals surface area contributed by atoms with E-state index in [-0.39, 0.29) is 11.8 Å². The number of aromatic nitrogens is 1. The van der Waals surface area contributed by atoms with Crippen LogP contribution in [0, 0.1) is 6.92 Å². The van der Waals surface area contributed by atoms with Crippen molar-refractivity contribution < 1.29 is 9.59 Å². The van der Waals surface area contributed by atoms with Crippen molar-refractivity contribution in [3.8, 4) is 0 Å². The number of nitrogens with zero attached hydrogens (tertiary/aromatic N) is 3. The lowest BCUT2D eigenvalue weighted by Gasteiger charge is -2.34. The van der Waals surface area contributed by atoms with E-state index in [2.05, 4.69) is 4.98 Å². The van der Waals surface area contributed by atoms with Gasteiger partial charge in [0, 0.05) is 42.1 Å². The van der Waals surface area contributed by atoms with Gasteiger partial charge in [-0.1, -0.05) is 17.7 Å². The van der Waals surface area contributed by atoms with Gasteiger partial charge in [0.15, 0.2) is 0 Å². The van der Waals surface area contributed by atoms with Crippen molar-refractivity contribution in [3.63, 3.8) is 0 Å². The fraction of sp³-hybridized carbons (Fsp3) is 0.353. The zero-order valence-corrected chi connectivity index (χ0v) is 14.9. The Hall–Kier alpha value is -1.92. The fourth-order valence-corrected chi connectivity index (χ4v) is 3.52. The molecular weight excluding hydrogens is 346 g/mol. The molecule has 1 aliphatic heterocycles. The van der Waals surface area contributed by atoms with Crippen molar-refractivity contribution in [1.29, 1.82) is 0 Å². The first-order valence-corrected chi connectivity index (χ1v) is 9.02. The molecule has 0 N–H and O–H groups in total. The number of thiazole rings is 1. The van der Waals surface area contributed by atoms with Crippen molar-refractivity contribution >= 4 is 34.8 Å². The van der Waals surface area contributed by atoms with E-state index in [1.807, 2.05) is 12.3 Å². The number of benzene rings is 1. The molecule has 0 spiro atoms. The number of aryl methyl sites for hydroxylation is 1. The molecule has 126 valence electrons.